The SMILES string of the molecule is CN1Cc2cnccc2C1C#N. The molecule has 0 fully saturated rings. The van der Waals surface area contributed by atoms with E-state index in [9.17, 15) is 0 Å². The molecule has 1 aliphatic heterocycles. The van der Waals surface area contributed by atoms with Gasteiger partial charge in [-0.2, -0.15) is 5.26 Å². The molecular formula is C9H9N3. The van der Waals surface area contributed by atoms with Gasteiger partial charge in [-0.3, -0.25) is 9.88 Å². The molecule has 1 atom stereocenters. The molecule has 0 aliphatic carbocycles. The van der Waals surface area contributed by atoms with Crippen LogP contribution in [-0.2, 0) is 6.54 Å². The fourth-order valence-corrected chi connectivity index (χ4v) is 1.60. The van der Waals surface area contributed by atoms with Gasteiger partial charge in [-0.25, -0.2) is 0 Å². The highest BCUT2D eigenvalue weighted by Gasteiger charge is 2.26. The predicted octanol–water partition coefficient (Wildman–Crippen LogP) is 1.09. The number of nitrogens with zero attached hydrogens (tertiary/aromatic N) is 3. The summed E-state index contributed by atoms with van der Waals surface area (Å²) in [5, 5.41) is 8.87. The van der Waals surface area contributed by atoms with Crippen LogP contribution in [-0.4, -0.2) is 16.9 Å². The maximum absolute atomic E-state index is 8.87. The first kappa shape index (κ1) is 7.26. The highest BCUT2D eigenvalue weighted by molar-refractivity contribution is 5.34. The number of aromatic nitrogens is 1. The summed E-state index contributed by atoms with van der Waals surface area (Å²) < 4.78 is 0. The first-order chi connectivity index (χ1) is 5.83. The molecule has 0 spiro atoms. The minimum Gasteiger partial charge on any atom is -0.283 e. The average molecular weight is 159 g/mol. The first-order valence-corrected chi connectivity index (χ1v) is 3.85. The van der Waals surface area contributed by atoms with Crippen LogP contribution in [0.5, 0.6) is 0 Å². The van der Waals surface area contributed by atoms with Gasteiger partial charge in [-0.1, -0.05) is 0 Å². The van der Waals surface area contributed by atoms with Crippen LogP contribution in [0, 0.1) is 11.3 Å². The topological polar surface area (TPSA) is 39.9 Å². The van der Waals surface area contributed by atoms with Crippen LogP contribution in [0.4, 0.5) is 0 Å². The lowest BCUT2D eigenvalue weighted by Crippen LogP contribution is -2.14. The monoisotopic (exact) mass is 159 g/mol. The Bertz CT molecular complexity index is 340. The standard InChI is InChI=1S/C9H9N3/c1-12-6-7-5-11-3-2-8(7)9(12)4-10/h2-3,5,9H,6H2,1H3. The molecule has 0 bridgehead atoms. The zero-order valence-corrected chi connectivity index (χ0v) is 6.86. The maximum atomic E-state index is 8.87. The van der Waals surface area contributed by atoms with Crippen molar-refractivity contribution in [2.45, 2.75) is 12.6 Å². The van der Waals surface area contributed by atoms with E-state index in [0.717, 1.165) is 12.1 Å². The van der Waals surface area contributed by atoms with Gasteiger partial charge in [0.05, 0.1) is 6.07 Å². The summed E-state index contributed by atoms with van der Waals surface area (Å²) in [6.07, 6.45) is 3.57. The van der Waals surface area contributed by atoms with Crippen molar-refractivity contribution >= 4 is 0 Å². The second kappa shape index (κ2) is 2.58. The minimum atomic E-state index is -0.0806. The Balaban J connectivity index is 2.49. The molecule has 1 aromatic heterocycles. The molecule has 0 aromatic carbocycles. The van der Waals surface area contributed by atoms with E-state index >= 15 is 0 Å². The van der Waals surface area contributed by atoms with Crippen molar-refractivity contribution < 1.29 is 0 Å². The van der Waals surface area contributed by atoms with E-state index in [1.807, 2.05) is 24.2 Å². The van der Waals surface area contributed by atoms with Gasteiger partial charge < -0.3 is 0 Å². The van der Waals surface area contributed by atoms with Crippen molar-refractivity contribution in [2.75, 3.05) is 7.05 Å². The van der Waals surface area contributed by atoms with Crippen LogP contribution < -0.4 is 0 Å². The molecule has 0 amide bonds. The summed E-state index contributed by atoms with van der Waals surface area (Å²) in [7, 11) is 1.95. The largest absolute Gasteiger partial charge is 0.283 e. The van der Waals surface area contributed by atoms with Crippen LogP contribution in [0.25, 0.3) is 0 Å². The van der Waals surface area contributed by atoms with Crippen molar-refractivity contribution in [1.82, 2.24) is 9.88 Å². The second-order valence-electron chi connectivity index (χ2n) is 3.02. The van der Waals surface area contributed by atoms with E-state index in [4.69, 9.17) is 5.26 Å². The molecule has 0 saturated heterocycles. The lowest BCUT2D eigenvalue weighted by Gasteiger charge is -2.10. The van der Waals surface area contributed by atoms with Gasteiger partial charge in [-0.15, -0.1) is 0 Å². The third kappa shape index (κ3) is 0.892. The molecule has 3 heteroatoms. The van der Waals surface area contributed by atoms with Crippen molar-refractivity contribution in [2.24, 2.45) is 0 Å². The van der Waals surface area contributed by atoms with Gasteiger partial charge in [0.15, 0.2) is 0 Å². The summed E-state index contributed by atoms with van der Waals surface area (Å²) in [6, 6.07) is 4.11. The summed E-state index contributed by atoms with van der Waals surface area (Å²) in [6.45, 7) is 0.835. The molecule has 60 valence electrons. The third-order valence-electron chi connectivity index (χ3n) is 2.22. The molecule has 3 nitrogen and oxygen atoms in total. The van der Waals surface area contributed by atoms with E-state index in [1.165, 1.54) is 5.56 Å². The Morgan fingerprint density at radius 1 is 1.75 bits per heavy atom. The molecule has 0 radical (unpaired) electrons. The fourth-order valence-electron chi connectivity index (χ4n) is 1.60. The molecular weight excluding hydrogens is 150 g/mol. The van der Waals surface area contributed by atoms with Crippen LogP contribution in [0.15, 0.2) is 18.5 Å². The van der Waals surface area contributed by atoms with Gasteiger partial charge in [0.2, 0.25) is 0 Å². The Morgan fingerprint density at radius 2 is 2.58 bits per heavy atom. The molecule has 1 aliphatic rings. The number of fused-ring (bicyclic) bond motifs is 1. The fraction of sp³-hybridized carbons (Fsp3) is 0.333. The van der Waals surface area contributed by atoms with Crippen LogP contribution in [0.2, 0.25) is 0 Å². The lowest BCUT2D eigenvalue weighted by atomic mass is 10.1. The van der Waals surface area contributed by atoms with Gasteiger partial charge >= 0.3 is 0 Å². The number of hydrogen-bond donors (Lipinski definition) is 0. The highest BCUT2D eigenvalue weighted by atomic mass is 15.1. The zero-order valence-electron chi connectivity index (χ0n) is 6.86. The minimum absolute atomic E-state index is 0.0806. The van der Waals surface area contributed by atoms with Gasteiger partial charge in [0.1, 0.15) is 6.04 Å². The highest BCUT2D eigenvalue weighted by Crippen LogP contribution is 2.30. The molecule has 0 saturated carbocycles. The van der Waals surface area contributed by atoms with E-state index in [0.29, 0.717) is 0 Å². The van der Waals surface area contributed by atoms with Gasteiger partial charge in [0.25, 0.3) is 0 Å². The Kier molecular flexibility index (Phi) is 1.56. The van der Waals surface area contributed by atoms with Crippen molar-refractivity contribution in [3.05, 3.63) is 29.6 Å². The zero-order chi connectivity index (χ0) is 8.55. The van der Waals surface area contributed by atoms with Crippen LogP contribution >= 0.6 is 0 Å². The van der Waals surface area contributed by atoms with Crippen molar-refractivity contribution in [1.29, 1.82) is 5.26 Å². The number of rotatable bonds is 0. The summed E-state index contributed by atoms with van der Waals surface area (Å²) in [5.74, 6) is 0. The van der Waals surface area contributed by atoms with Gasteiger partial charge in [0, 0.05) is 18.9 Å². The lowest BCUT2D eigenvalue weighted by molar-refractivity contribution is 0.317. The molecule has 1 aromatic rings. The van der Waals surface area contributed by atoms with E-state index in [-0.39, 0.29) is 6.04 Å². The van der Waals surface area contributed by atoms with E-state index in [2.05, 4.69) is 11.1 Å². The summed E-state index contributed by atoms with van der Waals surface area (Å²) in [4.78, 5) is 6.04. The first-order valence-electron chi connectivity index (χ1n) is 3.85. The molecule has 1 unspecified atom stereocenters. The van der Waals surface area contributed by atoms with Crippen molar-refractivity contribution in [3.8, 4) is 6.07 Å². The number of pyridine rings is 1. The second-order valence-corrected chi connectivity index (χ2v) is 3.02. The predicted molar refractivity (Wildman–Crippen MR) is 44.1 cm³/mol. The summed E-state index contributed by atoms with van der Waals surface area (Å²) >= 11 is 0. The smallest absolute Gasteiger partial charge is 0.124 e. The van der Waals surface area contributed by atoms with E-state index < -0.39 is 0 Å². The number of nitriles is 1. The molecule has 0 N–H and O–H groups in total. The van der Waals surface area contributed by atoms with Crippen molar-refractivity contribution in [3.63, 3.8) is 0 Å². The van der Waals surface area contributed by atoms with E-state index in [1.54, 1.807) is 6.20 Å². The van der Waals surface area contributed by atoms with Crippen LogP contribution in [0.3, 0.4) is 0 Å². The van der Waals surface area contributed by atoms with Gasteiger partial charge in [-0.05, 0) is 24.2 Å². The molecule has 12 heavy (non-hydrogen) atoms. The summed E-state index contributed by atoms with van der Waals surface area (Å²) in [5.41, 5.74) is 2.28. The molecule has 2 rings (SSSR count). The maximum Gasteiger partial charge on any atom is 0.124 e. The normalized spacial score (nSPS) is 21.8. The number of hydrogen-bond acceptors (Lipinski definition) is 3. The average Bonchev–Trinajstić information content (AvgIpc) is 2.40. The van der Waals surface area contributed by atoms with Crippen LogP contribution in [0.1, 0.15) is 17.2 Å². The Morgan fingerprint density at radius 3 is 3.33 bits per heavy atom. The third-order valence-corrected chi connectivity index (χ3v) is 2.22. The Hall–Kier alpha value is -1.40. The Labute approximate surface area is 71.3 Å². The molecule has 2 heterocycles. The quantitative estimate of drug-likeness (QED) is 0.569.